The van der Waals surface area contributed by atoms with Crippen LogP contribution in [0.15, 0.2) is 36.4 Å². The SMILES string of the molecule is Cc1ccc(Cl)c2c(C(=O)O)cc(-c3ccc(F)c(F)c3)nc12. The third-order valence-electron chi connectivity index (χ3n) is 3.56. The topological polar surface area (TPSA) is 50.2 Å². The van der Waals surface area contributed by atoms with Gasteiger partial charge in [-0.3, -0.25) is 0 Å². The predicted molar refractivity (Wildman–Crippen MR) is 83.8 cm³/mol. The fraction of sp³-hybridized carbons (Fsp3) is 0.0588. The highest BCUT2D eigenvalue weighted by Gasteiger charge is 2.17. The van der Waals surface area contributed by atoms with E-state index < -0.39 is 17.6 Å². The Bertz CT molecular complexity index is 957. The maximum atomic E-state index is 13.4. The van der Waals surface area contributed by atoms with E-state index in [2.05, 4.69) is 4.98 Å². The van der Waals surface area contributed by atoms with Gasteiger partial charge in [-0.25, -0.2) is 18.6 Å². The quantitative estimate of drug-likeness (QED) is 0.730. The van der Waals surface area contributed by atoms with Gasteiger partial charge in [-0.05, 0) is 42.8 Å². The van der Waals surface area contributed by atoms with Gasteiger partial charge in [0.15, 0.2) is 11.6 Å². The molecule has 0 fully saturated rings. The summed E-state index contributed by atoms with van der Waals surface area (Å²) in [6.07, 6.45) is 0. The molecule has 1 aromatic heterocycles. The Hall–Kier alpha value is -2.53. The summed E-state index contributed by atoms with van der Waals surface area (Å²) in [7, 11) is 0. The summed E-state index contributed by atoms with van der Waals surface area (Å²) in [6, 6.07) is 7.93. The molecule has 0 amide bonds. The average molecular weight is 334 g/mol. The van der Waals surface area contributed by atoms with Crippen LogP contribution in [-0.4, -0.2) is 16.1 Å². The number of aromatic nitrogens is 1. The van der Waals surface area contributed by atoms with E-state index in [-0.39, 0.29) is 21.8 Å². The zero-order valence-electron chi connectivity index (χ0n) is 11.9. The summed E-state index contributed by atoms with van der Waals surface area (Å²) in [5, 5.41) is 10.0. The van der Waals surface area contributed by atoms with E-state index in [0.717, 1.165) is 17.7 Å². The highest BCUT2D eigenvalue weighted by molar-refractivity contribution is 6.36. The number of hydrogen-bond donors (Lipinski definition) is 1. The molecule has 6 heteroatoms. The number of halogens is 3. The Morgan fingerprint density at radius 3 is 2.52 bits per heavy atom. The van der Waals surface area contributed by atoms with E-state index in [1.165, 1.54) is 12.1 Å². The molecule has 1 heterocycles. The highest BCUT2D eigenvalue weighted by atomic mass is 35.5. The monoisotopic (exact) mass is 333 g/mol. The molecule has 0 radical (unpaired) electrons. The van der Waals surface area contributed by atoms with Crippen LogP contribution < -0.4 is 0 Å². The van der Waals surface area contributed by atoms with Gasteiger partial charge < -0.3 is 5.11 Å². The Kier molecular flexibility index (Phi) is 3.74. The molecule has 0 spiro atoms. The molecule has 0 saturated heterocycles. The van der Waals surface area contributed by atoms with Crippen molar-refractivity contribution in [2.75, 3.05) is 0 Å². The summed E-state index contributed by atoms with van der Waals surface area (Å²) >= 11 is 6.11. The van der Waals surface area contributed by atoms with Gasteiger partial charge in [0.1, 0.15) is 0 Å². The molecular formula is C17H10ClF2NO2. The molecule has 0 aliphatic heterocycles. The van der Waals surface area contributed by atoms with Crippen molar-refractivity contribution in [2.45, 2.75) is 6.92 Å². The van der Waals surface area contributed by atoms with Gasteiger partial charge in [0.25, 0.3) is 0 Å². The molecule has 0 unspecified atom stereocenters. The van der Waals surface area contributed by atoms with Crippen LogP contribution in [0.4, 0.5) is 8.78 Å². The van der Waals surface area contributed by atoms with Gasteiger partial charge in [0.2, 0.25) is 0 Å². The van der Waals surface area contributed by atoms with Crippen molar-refractivity contribution in [2.24, 2.45) is 0 Å². The summed E-state index contributed by atoms with van der Waals surface area (Å²) in [6.45, 7) is 1.77. The number of carboxylic acids is 1. The van der Waals surface area contributed by atoms with Crippen LogP contribution in [0, 0.1) is 18.6 Å². The first-order chi connectivity index (χ1) is 10.9. The molecule has 0 bridgehead atoms. The summed E-state index contributed by atoms with van der Waals surface area (Å²) in [4.78, 5) is 15.9. The van der Waals surface area contributed by atoms with Crippen molar-refractivity contribution >= 4 is 28.5 Å². The Morgan fingerprint density at radius 1 is 1.13 bits per heavy atom. The number of benzene rings is 2. The van der Waals surface area contributed by atoms with Crippen molar-refractivity contribution < 1.29 is 18.7 Å². The first kappa shape index (κ1) is 15.4. The van der Waals surface area contributed by atoms with Crippen molar-refractivity contribution in [3.63, 3.8) is 0 Å². The minimum Gasteiger partial charge on any atom is -0.478 e. The van der Waals surface area contributed by atoms with Gasteiger partial charge in [0.05, 0.1) is 21.8 Å². The third-order valence-corrected chi connectivity index (χ3v) is 3.87. The molecule has 3 aromatic rings. The van der Waals surface area contributed by atoms with Crippen molar-refractivity contribution in [1.82, 2.24) is 4.98 Å². The Balaban J connectivity index is 2.37. The summed E-state index contributed by atoms with van der Waals surface area (Å²) in [5.74, 6) is -3.18. The molecule has 0 aliphatic rings. The molecule has 116 valence electrons. The molecule has 0 saturated carbocycles. The van der Waals surface area contributed by atoms with Crippen molar-refractivity contribution in [3.05, 3.63) is 64.2 Å². The fourth-order valence-corrected chi connectivity index (χ4v) is 2.66. The van der Waals surface area contributed by atoms with Crippen LogP contribution in [0.5, 0.6) is 0 Å². The average Bonchev–Trinajstić information content (AvgIpc) is 2.52. The molecular weight excluding hydrogens is 324 g/mol. The van der Waals surface area contributed by atoms with Crippen LogP contribution >= 0.6 is 11.6 Å². The molecule has 23 heavy (non-hydrogen) atoms. The summed E-state index contributed by atoms with van der Waals surface area (Å²) < 4.78 is 26.5. The normalized spacial score (nSPS) is 11.0. The van der Waals surface area contributed by atoms with Crippen LogP contribution in [-0.2, 0) is 0 Å². The number of nitrogens with zero attached hydrogens (tertiary/aromatic N) is 1. The number of carboxylic acid groups (broad SMARTS) is 1. The van der Waals surface area contributed by atoms with E-state index in [1.807, 2.05) is 0 Å². The van der Waals surface area contributed by atoms with Crippen LogP contribution in [0.25, 0.3) is 22.2 Å². The number of aromatic carboxylic acids is 1. The predicted octanol–water partition coefficient (Wildman–Crippen LogP) is 4.84. The zero-order chi connectivity index (χ0) is 16.7. The summed E-state index contributed by atoms with van der Waals surface area (Å²) in [5.41, 5.74) is 1.63. The minimum atomic E-state index is -1.17. The first-order valence-electron chi connectivity index (χ1n) is 6.67. The molecule has 3 rings (SSSR count). The van der Waals surface area contributed by atoms with E-state index in [0.29, 0.717) is 10.9 Å². The standard InChI is InChI=1S/C17H10ClF2NO2/c1-8-2-4-11(18)15-10(17(22)23)7-14(21-16(8)15)9-3-5-12(19)13(20)6-9/h2-7H,1H3,(H,22,23). The van der Waals surface area contributed by atoms with Crippen LogP contribution in [0.3, 0.4) is 0 Å². The lowest BCUT2D eigenvalue weighted by molar-refractivity contribution is 0.0699. The molecule has 0 atom stereocenters. The Morgan fingerprint density at radius 2 is 1.87 bits per heavy atom. The van der Waals surface area contributed by atoms with Gasteiger partial charge in [-0.15, -0.1) is 0 Å². The lowest BCUT2D eigenvalue weighted by atomic mass is 10.0. The first-order valence-corrected chi connectivity index (χ1v) is 7.05. The van der Waals surface area contributed by atoms with Crippen molar-refractivity contribution in [1.29, 1.82) is 0 Å². The number of fused-ring (bicyclic) bond motifs is 1. The van der Waals surface area contributed by atoms with Crippen LogP contribution in [0.2, 0.25) is 5.02 Å². The zero-order valence-corrected chi connectivity index (χ0v) is 12.7. The number of hydrogen-bond acceptors (Lipinski definition) is 2. The Labute approximate surface area is 135 Å². The van der Waals surface area contributed by atoms with Gasteiger partial charge in [0, 0.05) is 10.9 Å². The third kappa shape index (κ3) is 2.64. The maximum Gasteiger partial charge on any atom is 0.336 e. The second-order valence-electron chi connectivity index (χ2n) is 5.08. The van der Waals surface area contributed by atoms with E-state index in [1.54, 1.807) is 19.1 Å². The lowest BCUT2D eigenvalue weighted by Crippen LogP contribution is -2.02. The van der Waals surface area contributed by atoms with E-state index in [4.69, 9.17) is 11.6 Å². The van der Waals surface area contributed by atoms with Gasteiger partial charge in [-0.1, -0.05) is 17.7 Å². The molecule has 3 nitrogen and oxygen atoms in total. The number of pyridine rings is 1. The van der Waals surface area contributed by atoms with Crippen LogP contribution in [0.1, 0.15) is 15.9 Å². The van der Waals surface area contributed by atoms with E-state index >= 15 is 0 Å². The van der Waals surface area contributed by atoms with Gasteiger partial charge in [-0.2, -0.15) is 0 Å². The smallest absolute Gasteiger partial charge is 0.336 e. The second-order valence-corrected chi connectivity index (χ2v) is 5.48. The highest BCUT2D eigenvalue weighted by Crippen LogP contribution is 2.32. The van der Waals surface area contributed by atoms with Gasteiger partial charge >= 0.3 is 5.97 Å². The van der Waals surface area contributed by atoms with E-state index in [9.17, 15) is 18.7 Å². The lowest BCUT2D eigenvalue weighted by Gasteiger charge is -2.10. The largest absolute Gasteiger partial charge is 0.478 e. The fourth-order valence-electron chi connectivity index (χ4n) is 2.40. The number of carbonyl (C=O) groups is 1. The molecule has 1 N–H and O–H groups in total. The second kappa shape index (κ2) is 5.59. The minimum absolute atomic E-state index is 0.0385. The number of rotatable bonds is 2. The number of aryl methyl sites for hydroxylation is 1. The maximum absolute atomic E-state index is 13.4. The molecule has 2 aromatic carbocycles. The van der Waals surface area contributed by atoms with Crippen molar-refractivity contribution in [3.8, 4) is 11.3 Å². The molecule has 0 aliphatic carbocycles.